The van der Waals surface area contributed by atoms with Gasteiger partial charge < -0.3 is 9.64 Å². The van der Waals surface area contributed by atoms with Crippen molar-refractivity contribution in [2.45, 2.75) is 19.8 Å². The maximum absolute atomic E-state index is 13.0. The summed E-state index contributed by atoms with van der Waals surface area (Å²) in [4.78, 5) is 15.0. The van der Waals surface area contributed by atoms with Gasteiger partial charge in [0.05, 0.1) is 12.3 Å². The number of carbonyl (C=O) groups is 1. The second-order valence-corrected chi connectivity index (χ2v) is 6.94. The minimum absolute atomic E-state index is 0.111. The summed E-state index contributed by atoms with van der Waals surface area (Å²) < 4.78 is 5.33. The number of likely N-dealkylation sites (tertiary alicyclic amines) is 1. The molecule has 0 unspecified atom stereocenters. The summed E-state index contributed by atoms with van der Waals surface area (Å²) in [7, 11) is 0. The first-order chi connectivity index (χ1) is 12.7. The van der Waals surface area contributed by atoms with Crippen LogP contribution in [-0.4, -0.2) is 40.7 Å². The van der Waals surface area contributed by atoms with Crippen LogP contribution in [0.2, 0.25) is 0 Å². The van der Waals surface area contributed by atoms with Crippen molar-refractivity contribution in [2.75, 3.05) is 19.7 Å². The van der Waals surface area contributed by atoms with Crippen LogP contribution in [0.1, 0.15) is 30.1 Å². The van der Waals surface area contributed by atoms with Gasteiger partial charge in [0.1, 0.15) is 0 Å². The molecule has 0 saturated carbocycles. The van der Waals surface area contributed by atoms with Gasteiger partial charge in [-0.25, -0.2) is 0 Å². The molecule has 2 heterocycles. The van der Waals surface area contributed by atoms with Gasteiger partial charge in [-0.1, -0.05) is 24.3 Å². The Morgan fingerprint density at radius 1 is 1.12 bits per heavy atom. The molecule has 1 aliphatic carbocycles. The Kier molecular flexibility index (Phi) is 4.69. The number of carbonyl (C=O) groups excluding carboxylic acids is 1. The van der Waals surface area contributed by atoms with Crippen LogP contribution in [0.5, 0.6) is 5.88 Å². The van der Waals surface area contributed by atoms with Crippen molar-refractivity contribution in [2.24, 2.45) is 11.8 Å². The van der Waals surface area contributed by atoms with E-state index < -0.39 is 0 Å². The van der Waals surface area contributed by atoms with E-state index in [2.05, 4.69) is 22.3 Å². The fourth-order valence-corrected chi connectivity index (χ4v) is 3.87. The Morgan fingerprint density at radius 3 is 2.54 bits per heavy atom. The van der Waals surface area contributed by atoms with Gasteiger partial charge in [0.15, 0.2) is 0 Å². The van der Waals surface area contributed by atoms with Crippen LogP contribution >= 0.6 is 0 Å². The number of rotatable bonds is 4. The third-order valence-electron chi connectivity index (χ3n) is 5.25. The predicted molar refractivity (Wildman–Crippen MR) is 99.9 cm³/mol. The normalized spacial score (nSPS) is 21.5. The van der Waals surface area contributed by atoms with E-state index in [4.69, 9.17) is 4.74 Å². The van der Waals surface area contributed by atoms with Crippen molar-refractivity contribution in [1.29, 1.82) is 0 Å². The molecule has 1 aliphatic heterocycles. The molecule has 2 aromatic rings. The molecular weight excluding hydrogens is 326 g/mol. The molecule has 1 fully saturated rings. The first kappa shape index (κ1) is 16.8. The van der Waals surface area contributed by atoms with Crippen molar-refractivity contribution in [3.05, 3.63) is 54.1 Å². The average molecular weight is 349 g/mol. The summed E-state index contributed by atoms with van der Waals surface area (Å²) >= 11 is 0. The highest BCUT2D eigenvalue weighted by molar-refractivity contribution is 5.95. The highest BCUT2D eigenvalue weighted by Gasteiger charge is 2.35. The molecule has 0 radical (unpaired) electrons. The van der Waals surface area contributed by atoms with E-state index in [9.17, 15) is 4.79 Å². The average Bonchev–Trinajstić information content (AvgIpc) is 3.12. The highest BCUT2D eigenvalue weighted by atomic mass is 16.5. The Labute approximate surface area is 153 Å². The Bertz CT molecular complexity index is 800. The summed E-state index contributed by atoms with van der Waals surface area (Å²) in [5.41, 5.74) is 2.34. The standard InChI is InChI=1S/C21H23N3O2/c1-2-26-20-11-10-19(22-23-20)15-8-5-9-16(12-15)21(25)24-13-17-6-3-4-7-18(17)14-24/h3-5,8-12,17-18H,2,6-7,13-14H2,1H3/t17-,18+. The third-order valence-corrected chi connectivity index (χ3v) is 5.25. The van der Waals surface area contributed by atoms with Crippen LogP contribution in [0, 0.1) is 11.8 Å². The van der Waals surface area contributed by atoms with Crippen LogP contribution in [0.25, 0.3) is 11.3 Å². The van der Waals surface area contributed by atoms with Crippen molar-refractivity contribution >= 4 is 5.91 Å². The van der Waals surface area contributed by atoms with Gasteiger partial charge >= 0.3 is 0 Å². The fourth-order valence-electron chi connectivity index (χ4n) is 3.87. The summed E-state index contributed by atoms with van der Waals surface area (Å²) in [6.45, 7) is 4.20. The molecular formula is C21H23N3O2. The lowest BCUT2D eigenvalue weighted by Gasteiger charge is -2.17. The van der Waals surface area contributed by atoms with Gasteiger partial charge in [0.2, 0.25) is 5.88 Å². The van der Waals surface area contributed by atoms with Crippen molar-refractivity contribution in [1.82, 2.24) is 15.1 Å². The number of fused-ring (bicyclic) bond motifs is 1. The molecule has 5 nitrogen and oxygen atoms in total. The smallest absolute Gasteiger partial charge is 0.253 e. The first-order valence-electron chi connectivity index (χ1n) is 9.26. The summed E-state index contributed by atoms with van der Waals surface area (Å²) in [5, 5.41) is 8.29. The molecule has 0 N–H and O–H groups in total. The maximum atomic E-state index is 13.0. The molecule has 134 valence electrons. The summed E-state index contributed by atoms with van der Waals surface area (Å²) in [6.07, 6.45) is 6.69. The van der Waals surface area contributed by atoms with Gasteiger partial charge in [-0.15, -0.1) is 10.2 Å². The van der Waals surface area contributed by atoms with Crippen molar-refractivity contribution in [3.63, 3.8) is 0 Å². The van der Waals surface area contributed by atoms with Crippen LogP contribution in [0.15, 0.2) is 48.6 Å². The number of allylic oxidation sites excluding steroid dienone is 2. The lowest BCUT2D eigenvalue weighted by molar-refractivity contribution is 0.0784. The van der Waals surface area contributed by atoms with Gasteiger partial charge in [-0.3, -0.25) is 4.79 Å². The Hall–Kier alpha value is -2.69. The van der Waals surface area contributed by atoms with Gasteiger partial charge in [-0.05, 0) is 49.8 Å². The zero-order chi connectivity index (χ0) is 17.9. The van der Waals surface area contributed by atoms with E-state index in [1.807, 2.05) is 42.2 Å². The number of amides is 1. The van der Waals surface area contributed by atoms with E-state index >= 15 is 0 Å². The molecule has 0 spiro atoms. The SMILES string of the molecule is CCOc1ccc(-c2cccc(C(=O)N3C[C@H]4CC=CC[C@H]4C3)c2)nn1. The second kappa shape index (κ2) is 7.28. The molecule has 1 aromatic heterocycles. The second-order valence-electron chi connectivity index (χ2n) is 6.94. The van der Waals surface area contributed by atoms with Crippen LogP contribution in [0.3, 0.4) is 0 Å². The zero-order valence-electron chi connectivity index (χ0n) is 15.0. The molecule has 1 amide bonds. The minimum atomic E-state index is 0.111. The lowest BCUT2D eigenvalue weighted by Crippen LogP contribution is -2.29. The van der Waals surface area contributed by atoms with E-state index in [-0.39, 0.29) is 5.91 Å². The molecule has 2 aliphatic rings. The lowest BCUT2D eigenvalue weighted by atomic mass is 9.86. The summed E-state index contributed by atoms with van der Waals surface area (Å²) in [6, 6.07) is 11.3. The zero-order valence-corrected chi connectivity index (χ0v) is 15.0. The summed E-state index contributed by atoms with van der Waals surface area (Å²) in [5.74, 6) is 1.85. The van der Waals surface area contributed by atoms with Crippen LogP contribution < -0.4 is 4.74 Å². The topological polar surface area (TPSA) is 55.3 Å². The molecule has 4 rings (SSSR count). The molecule has 26 heavy (non-hydrogen) atoms. The molecule has 1 saturated heterocycles. The van der Waals surface area contributed by atoms with E-state index in [1.54, 1.807) is 6.07 Å². The minimum Gasteiger partial charge on any atom is -0.477 e. The van der Waals surface area contributed by atoms with E-state index in [0.717, 1.165) is 37.2 Å². The first-order valence-corrected chi connectivity index (χ1v) is 9.26. The van der Waals surface area contributed by atoms with E-state index in [0.29, 0.717) is 29.9 Å². The molecule has 1 aromatic carbocycles. The van der Waals surface area contributed by atoms with E-state index in [1.165, 1.54) is 0 Å². The molecule has 2 atom stereocenters. The fraction of sp³-hybridized carbons (Fsp3) is 0.381. The molecule has 0 bridgehead atoms. The number of ether oxygens (including phenoxy) is 1. The quantitative estimate of drug-likeness (QED) is 0.792. The number of hydrogen-bond acceptors (Lipinski definition) is 4. The van der Waals surface area contributed by atoms with Gasteiger partial charge in [0, 0.05) is 30.3 Å². The number of aromatic nitrogens is 2. The van der Waals surface area contributed by atoms with Crippen molar-refractivity contribution in [3.8, 4) is 17.1 Å². The Balaban J connectivity index is 1.51. The monoisotopic (exact) mass is 349 g/mol. The maximum Gasteiger partial charge on any atom is 0.253 e. The van der Waals surface area contributed by atoms with Crippen LogP contribution in [-0.2, 0) is 0 Å². The van der Waals surface area contributed by atoms with Crippen LogP contribution in [0.4, 0.5) is 0 Å². The highest BCUT2D eigenvalue weighted by Crippen LogP contribution is 2.33. The predicted octanol–water partition coefficient (Wildman–Crippen LogP) is 3.58. The van der Waals surface area contributed by atoms with Gasteiger partial charge in [-0.2, -0.15) is 0 Å². The molecule has 5 heteroatoms. The Morgan fingerprint density at radius 2 is 1.88 bits per heavy atom. The number of nitrogens with zero attached hydrogens (tertiary/aromatic N) is 3. The largest absolute Gasteiger partial charge is 0.477 e. The van der Waals surface area contributed by atoms with Gasteiger partial charge in [0.25, 0.3) is 5.91 Å². The van der Waals surface area contributed by atoms with Crippen molar-refractivity contribution < 1.29 is 9.53 Å². The number of hydrogen-bond donors (Lipinski definition) is 0. The number of benzene rings is 1. The third kappa shape index (κ3) is 3.34.